The third-order valence-electron chi connectivity index (χ3n) is 4.03. The van der Waals surface area contributed by atoms with Gasteiger partial charge in [0, 0.05) is 23.5 Å². The molecule has 26 heavy (non-hydrogen) atoms. The Kier molecular flexibility index (Phi) is 5.09. The molecule has 0 fully saturated rings. The van der Waals surface area contributed by atoms with Gasteiger partial charge < -0.3 is 15.0 Å². The predicted octanol–water partition coefficient (Wildman–Crippen LogP) is 3.48. The van der Waals surface area contributed by atoms with Crippen LogP contribution in [0.2, 0.25) is 5.02 Å². The fourth-order valence-corrected chi connectivity index (χ4v) is 3.04. The van der Waals surface area contributed by atoms with E-state index in [0.29, 0.717) is 15.9 Å². The molecule has 0 aliphatic carbocycles. The highest BCUT2D eigenvalue weighted by atomic mass is 35.5. The van der Waals surface area contributed by atoms with Crippen LogP contribution >= 0.6 is 11.6 Å². The van der Waals surface area contributed by atoms with E-state index in [9.17, 15) is 14.7 Å². The minimum Gasteiger partial charge on any atom is -0.506 e. The maximum Gasteiger partial charge on any atom is 0.268 e. The number of hydrogen-bond acceptors (Lipinski definition) is 3. The third-order valence-corrected chi connectivity index (χ3v) is 4.26. The summed E-state index contributed by atoms with van der Waals surface area (Å²) in [5.74, 6) is -0.967. The van der Waals surface area contributed by atoms with Gasteiger partial charge in [0.25, 0.3) is 11.5 Å². The SMILES string of the molecule is C=CCn1c(=O)c(C(=O)NCc2cccc(Cl)c2)c(O)c2ccccc21. The van der Waals surface area contributed by atoms with E-state index in [1.807, 2.05) is 6.07 Å². The highest BCUT2D eigenvalue weighted by Gasteiger charge is 2.21. The number of hydrogen-bond donors (Lipinski definition) is 2. The second-order valence-corrected chi connectivity index (χ2v) is 6.19. The number of carbonyl (C=O) groups excluding carboxylic acids is 1. The number of nitrogens with zero attached hydrogens (tertiary/aromatic N) is 1. The van der Waals surface area contributed by atoms with Crippen molar-refractivity contribution in [2.24, 2.45) is 0 Å². The Labute approximate surface area is 155 Å². The first-order valence-electron chi connectivity index (χ1n) is 8.01. The smallest absolute Gasteiger partial charge is 0.268 e. The van der Waals surface area contributed by atoms with Crippen LogP contribution in [0.25, 0.3) is 10.9 Å². The maximum absolute atomic E-state index is 12.8. The quantitative estimate of drug-likeness (QED) is 0.677. The van der Waals surface area contributed by atoms with Crippen LogP contribution in [-0.2, 0) is 13.1 Å². The number of rotatable bonds is 5. The number of amides is 1. The van der Waals surface area contributed by atoms with Gasteiger partial charge in [-0.05, 0) is 29.8 Å². The highest BCUT2D eigenvalue weighted by Crippen LogP contribution is 2.26. The summed E-state index contributed by atoms with van der Waals surface area (Å²) < 4.78 is 1.41. The Bertz CT molecular complexity index is 1060. The molecular formula is C20H17ClN2O3. The van der Waals surface area contributed by atoms with Crippen LogP contribution in [0.3, 0.4) is 0 Å². The van der Waals surface area contributed by atoms with Crippen molar-refractivity contribution >= 4 is 28.4 Å². The zero-order chi connectivity index (χ0) is 18.7. The zero-order valence-corrected chi connectivity index (χ0v) is 14.7. The fraction of sp³-hybridized carbons (Fsp3) is 0.100. The normalized spacial score (nSPS) is 10.7. The van der Waals surface area contributed by atoms with Crippen molar-refractivity contribution in [1.82, 2.24) is 9.88 Å². The number of aromatic hydroxyl groups is 1. The van der Waals surface area contributed by atoms with Crippen molar-refractivity contribution in [3.63, 3.8) is 0 Å². The Hall–Kier alpha value is -3.05. The van der Waals surface area contributed by atoms with Crippen molar-refractivity contribution < 1.29 is 9.90 Å². The van der Waals surface area contributed by atoms with Crippen LogP contribution in [-0.4, -0.2) is 15.6 Å². The van der Waals surface area contributed by atoms with Crippen molar-refractivity contribution in [3.8, 4) is 5.75 Å². The van der Waals surface area contributed by atoms with E-state index in [1.165, 1.54) is 4.57 Å². The van der Waals surface area contributed by atoms with E-state index in [0.717, 1.165) is 5.56 Å². The van der Waals surface area contributed by atoms with E-state index in [-0.39, 0.29) is 24.4 Å². The molecule has 0 atom stereocenters. The number of carbonyl (C=O) groups is 1. The molecule has 0 aliphatic rings. The van der Waals surface area contributed by atoms with Crippen LogP contribution in [0.4, 0.5) is 0 Å². The molecule has 2 N–H and O–H groups in total. The molecule has 0 aliphatic heterocycles. The summed E-state index contributed by atoms with van der Waals surface area (Å²) in [5.41, 5.74) is 0.483. The van der Waals surface area contributed by atoms with Crippen LogP contribution in [0.1, 0.15) is 15.9 Å². The summed E-state index contributed by atoms with van der Waals surface area (Å²) in [4.78, 5) is 25.4. The predicted molar refractivity (Wildman–Crippen MR) is 103 cm³/mol. The number of nitrogens with one attached hydrogen (secondary N) is 1. The van der Waals surface area contributed by atoms with Gasteiger partial charge in [0.05, 0.1) is 5.52 Å². The summed E-state index contributed by atoms with van der Waals surface area (Å²) in [6.07, 6.45) is 1.57. The Morgan fingerprint density at radius 1 is 1.23 bits per heavy atom. The van der Waals surface area contributed by atoms with Crippen molar-refractivity contribution in [2.45, 2.75) is 13.1 Å². The number of allylic oxidation sites excluding steroid dienone is 1. The first-order valence-corrected chi connectivity index (χ1v) is 8.38. The van der Waals surface area contributed by atoms with Gasteiger partial charge in [0.15, 0.2) is 0 Å². The lowest BCUT2D eigenvalue weighted by Gasteiger charge is -2.14. The van der Waals surface area contributed by atoms with Crippen LogP contribution < -0.4 is 10.9 Å². The molecule has 6 heteroatoms. The van der Waals surface area contributed by atoms with Gasteiger partial charge in [-0.25, -0.2) is 0 Å². The lowest BCUT2D eigenvalue weighted by atomic mass is 10.1. The summed E-state index contributed by atoms with van der Waals surface area (Å²) in [7, 11) is 0. The van der Waals surface area contributed by atoms with Gasteiger partial charge in [0.2, 0.25) is 0 Å². The lowest BCUT2D eigenvalue weighted by molar-refractivity contribution is 0.0946. The van der Waals surface area contributed by atoms with Crippen LogP contribution in [0.15, 0.2) is 66.0 Å². The molecular weight excluding hydrogens is 352 g/mol. The van der Waals surface area contributed by atoms with E-state index < -0.39 is 11.5 Å². The summed E-state index contributed by atoms with van der Waals surface area (Å²) >= 11 is 5.93. The monoisotopic (exact) mass is 368 g/mol. The second-order valence-electron chi connectivity index (χ2n) is 5.76. The number of aromatic nitrogens is 1. The molecule has 3 rings (SSSR count). The standard InChI is InChI=1S/C20H17ClN2O3/c1-2-10-23-16-9-4-3-8-15(16)18(24)17(20(23)26)19(25)22-12-13-6-5-7-14(21)11-13/h2-9,11,24H,1,10,12H2,(H,22,25). The largest absolute Gasteiger partial charge is 0.506 e. The number of halogens is 1. The number of para-hydroxylation sites is 1. The summed E-state index contributed by atoms with van der Waals surface area (Å²) in [6, 6.07) is 13.9. The zero-order valence-electron chi connectivity index (χ0n) is 13.9. The molecule has 132 valence electrons. The lowest BCUT2D eigenvalue weighted by Crippen LogP contribution is -2.33. The molecule has 0 unspecified atom stereocenters. The van der Waals surface area contributed by atoms with Crippen molar-refractivity contribution in [1.29, 1.82) is 0 Å². The number of pyridine rings is 1. The van der Waals surface area contributed by atoms with E-state index in [2.05, 4.69) is 11.9 Å². The topological polar surface area (TPSA) is 71.3 Å². The first-order chi connectivity index (χ1) is 12.5. The van der Waals surface area contributed by atoms with E-state index in [4.69, 9.17) is 11.6 Å². The average molecular weight is 369 g/mol. The van der Waals surface area contributed by atoms with Gasteiger partial charge in [-0.2, -0.15) is 0 Å². The van der Waals surface area contributed by atoms with Gasteiger partial charge >= 0.3 is 0 Å². The fourth-order valence-electron chi connectivity index (χ4n) is 2.82. The average Bonchev–Trinajstić information content (AvgIpc) is 2.64. The van der Waals surface area contributed by atoms with Crippen LogP contribution in [0, 0.1) is 0 Å². The molecule has 3 aromatic rings. The molecule has 0 saturated heterocycles. The molecule has 1 aromatic heterocycles. The second kappa shape index (κ2) is 7.45. The van der Waals surface area contributed by atoms with Crippen molar-refractivity contribution in [3.05, 3.63) is 87.7 Å². The molecule has 0 spiro atoms. The molecule has 0 radical (unpaired) electrons. The maximum atomic E-state index is 12.8. The molecule has 1 heterocycles. The minimum atomic E-state index is -0.643. The van der Waals surface area contributed by atoms with E-state index >= 15 is 0 Å². The Morgan fingerprint density at radius 2 is 2.00 bits per heavy atom. The third kappa shape index (κ3) is 3.34. The number of fused-ring (bicyclic) bond motifs is 1. The molecule has 5 nitrogen and oxygen atoms in total. The first kappa shape index (κ1) is 17.8. The molecule has 2 aromatic carbocycles. The van der Waals surface area contributed by atoms with Gasteiger partial charge in [0.1, 0.15) is 11.3 Å². The minimum absolute atomic E-state index is 0.187. The van der Waals surface area contributed by atoms with Crippen LogP contribution in [0.5, 0.6) is 5.75 Å². The Morgan fingerprint density at radius 3 is 2.73 bits per heavy atom. The molecule has 0 saturated carbocycles. The molecule has 1 amide bonds. The van der Waals surface area contributed by atoms with Gasteiger partial charge in [-0.3, -0.25) is 9.59 Å². The number of benzene rings is 2. The van der Waals surface area contributed by atoms with Gasteiger partial charge in [-0.15, -0.1) is 6.58 Å². The highest BCUT2D eigenvalue weighted by molar-refractivity contribution is 6.30. The Balaban J connectivity index is 2.02. The van der Waals surface area contributed by atoms with E-state index in [1.54, 1.807) is 48.5 Å². The van der Waals surface area contributed by atoms with Gasteiger partial charge in [-0.1, -0.05) is 41.9 Å². The molecule has 0 bridgehead atoms. The summed E-state index contributed by atoms with van der Waals surface area (Å²) in [6.45, 7) is 4.07. The van der Waals surface area contributed by atoms with Crippen molar-refractivity contribution in [2.75, 3.05) is 0 Å². The summed E-state index contributed by atoms with van der Waals surface area (Å²) in [5, 5.41) is 14.2.